The van der Waals surface area contributed by atoms with Crippen molar-refractivity contribution in [3.63, 3.8) is 0 Å². The number of carbonyl (C=O) groups excluding carboxylic acids is 2. The minimum absolute atomic E-state index is 0.177. The highest BCUT2D eigenvalue weighted by Gasteiger charge is 2.26. The number of aryl methyl sites for hydroxylation is 1. The maximum Gasteiger partial charge on any atom is 0.292 e. The first-order chi connectivity index (χ1) is 15.0. The van der Waals surface area contributed by atoms with Crippen LogP contribution in [-0.4, -0.2) is 59.5 Å². The van der Waals surface area contributed by atoms with Crippen LogP contribution in [0.5, 0.6) is 0 Å². The van der Waals surface area contributed by atoms with E-state index < -0.39 is 0 Å². The van der Waals surface area contributed by atoms with Crippen molar-refractivity contribution < 1.29 is 18.5 Å². The molecule has 1 aromatic heterocycles. The molecule has 3 aromatic rings. The summed E-state index contributed by atoms with van der Waals surface area (Å²) in [5.41, 5.74) is 3.22. The standard InChI is InChI=1S/C23H23FN4O3/c1-16-2-4-17(5-3-16)20-14-21(31-26-20)23(30)28-12-10-27(11-13-28)15-22(29)25-19-8-6-18(24)7-9-19/h2-9,14H,10-13,15H2,1H3,(H,25,29). The van der Waals surface area contributed by atoms with Gasteiger partial charge in [0.15, 0.2) is 0 Å². The van der Waals surface area contributed by atoms with Crippen molar-refractivity contribution in [3.05, 3.63) is 71.7 Å². The number of nitrogens with zero attached hydrogens (tertiary/aromatic N) is 3. The second kappa shape index (κ2) is 9.09. The summed E-state index contributed by atoms with van der Waals surface area (Å²) < 4.78 is 18.2. The quantitative estimate of drug-likeness (QED) is 0.683. The molecular weight excluding hydrogens is 399 g/mol. The van der Waals surface area contributed by atoms with Crippen molar-refractivity contribution in [3.8, 4) is 11.3 Å². The van der Waals surface area contributed by atoms with Gasteiger partial charge in [0.2, 0.25) is 11.7 Å². The molecule has 7 nitrogen and oxygen atoms in total. The molecule has 0 saturated carbocycles. The number of amides is 2. The highest BCUT2D eigenvalue weighted by Crippen LogP contribution is 2.21. The normalized spacial score (nSPS) is 14.5. The third kappa shape index (κ3) is 5.16. The lowest BCUT2D eigenvalue weighted by atomic mass is 10.1. The number of hydrogen-bond donors (Lipinski definition) is 1. The fourth-order valence-electron chi connectivity index (χ4n) is 3.44. The summed E-state index contributed by atoms with van der Waals surface area (Å²) in [6, 6.07) is 15.2. The van der Waals surface area contributed by atoms with E-state index in [9.17, 15) is 14.0 Å². The Morgan fingerprint density at radius 3 is 2.39 bits per heavy atom. The number of halogens is 1. The van der Waals surface area contributed by atoms with Crippen LogP contribution in [0, 0.1) is 12.7 Å². The lowest BCUT2D eigenvalue weighted by Gasteiger charge is -2.33. The second-order valence-electron chi connectivity index (χ2n) is 7.57. The summed E-state index contributed by atoms with van der Waals surface area (Å²) in [6.07, 6.45) is 0. The molecule has 0 aliphatic carbocycles. The molecule has 1 N–H and O–H groups in total. The minimum Gasteiger partial charge on any atom is -0.350 e. The third-order valence-corrected chi connectivity index (χ3v) is 5.22. The summed E-state index contributed by atoms with van der Waals surface area (Å²) >= 11 is 0. The molecule has 31 heavy (non-hydrogen) atoms. The monoisotopic (exact) mass is 422 g/mol. The fraction of sp³-hybridized carbons (Fsp3) is 0.261. The first-order valence-corrected chi connectivity index (χ1v) is 10.1. The molecule has 1 fully saturated rings. The molecule has 0 radical (unpaired) electrons. The van der Waals surface area contributed by atoms with Gasteiger partial charge < -0.3 is 14.7 Å². The Morgan fingerprint density at radius 1 is 1.03 bits per heavy atom. The summed E-state index contributed by atoms with van der Waals surface area (Å²) in [7, 11) is 0. The zero-order valence-corrected chi connectivity index (χ0v) is 17.2. The molecule has 2 amide bonds. The Bertz CT molecular complexity index is 1060. The fourth-order valence-corrected chi connectivity index (χ4v) is 3.44. The molecule has 4 rings (SSSR count). The van der Waals surface area contributed by atoms with Crippen LogP contribution in [0.4, 0.5) is 10.1 Å². The number of piperazine rings is 1. The average Bonchev–Trinajstić information content (AvgIpc) is 3.26. The van der Waals surface area contributed by atoms with Crippen molar-refractivity contribution in [2.45, 2.75) is 6.92 Å². The molecule has 1 saturated heterocycles. The molecule has 0 unspecified atom stereocenters. The van der Waals surface area contributed by atoms with Gasteiger partial charge in [-0.2, -0.15) is 0 Å². The van der Waals surface area contributed by atoms with Crippen molar-refractivity contribution >= 4 is 17.5 Å². The van der Waals surface area contributed by atoms with Crippen LogP contribution in [0.15, 0.2) is 59.1 Å². The summed E-state index contributed by atoms with van der Waals surface area (Å²) in [5.74, 6) is -0.528. The Kier molecular flexibility index (Phi) is 6.08. The van der Waals surface area contributed by atoms with E-state index in [0.717, 1.165) is 11.1 Å². The Morgan fingerprint density at radius 2 is 1.71 bits per heavy atom. The highest BCUT2D eigenvalue weighted by atomic mass is 19.1. The molecule has 8 heteroatoms. The number of anilines is 1. The number of nitrogens with one attached hydrogen (secondary N) is 1. The van der Waals surface area contributed by atoms with Gasteiger partial charge in [-0.1, -0.05) is 35.0 Å². The summed E-state index contributed by atoms with van der Waals surface area (Å²) in [5, 5.41) is 6.77. The predicted molar refractivity (Wildman–Crippen MR) is 114 cm³/mol. The van der Waals surface area contributed by atoms with Gasteiger partial charge in [0.1, 0.15) is 11.5 Å². The lowest BCUT2D eigenvalue weighted by Crippen LogP contribution is -2.50. The van der Waals surface area contributed by atoms with Crippen molar-refractivity contribution in [2.75, 3.05) is 38.0 Å². The third-order valence-electron chi connectivity index (χ3n) is 5.22. The highest BCUT2D eigenvalue weighted by molar-refractivity contribution is 5.93. The van der Waals surface area contributed by atoms with Gasteiger partial charge in [-0.15, -0.1) is 0 Å². The first kappa shape index (κ1) is 20.7. The summed E-state index contributed by atoms with van der Waals surface area (Å²) in [4.78, 5) is 28.6. The summed E-state index contributed by atoms with van der Waals surface area (Å²) in [6.45, 7) is 4.34. The van der Waals surface area contributed by atoms with E-state index in [4.69, 9.17) is 4.52 Å². The van der Waals surface area contributed by atoms with E-state index in [1.807, 2.05) is 36.1 Å². The van der Waals surface area contributed by atoms with E-state index in [2.05, 4.69) is 10.5 Å². The number of aromatic nitrogens is 1. The predicted octanol–water partition coefficient (Wildman–Crippen LogP) is 3.19. The van der Waals surface area contributed by atoms with E-state index in [-0.39, 0.29) is 29.9 Å². The van der Waals surface area contributed by atoms with Crippen LogP contribution < -0.4 is 5.32 Å². The van der Waals surface area contributed by atoms with Gasteiger partial charge in [-0.3, -0.25) is 14.5 Å². The molecule has 2 heterocycles. The van der Waals surface area contributed by atoms with Crippen LogP contribution in [0.25, 0.3) is 11.3 Å². The lowest BCUT2D eigenvalue weighted by molar-refractivity contribution is -0.117. The zero-order chi connectivity index (χ0) is 21.8. The smallest absolute Gasteiger partial charge is 0.292 e. The van der Waals surface area contributed by atoms with Gasteiger partial charge >= 0.3 is 0 Å². The largest absolute Gasteiger partial charge is 0.350 e. The van der Waals surface area contributed by atoms with E-state index >= 15 is 0 Å². The topological polar surface area (TPSA) is 78.7 Å². The Balaban J connectivity index is 1.28. The number of carbonyl (C=O) groups is 2. The molecule has 1 aliphatic heterocycles. The van der Waals surface area contributed by atoms with E-state index in [1.54, 1.807) is 11.0 Å². The maximum absolute atomic E-state index is 13.0. The van der Waals surface area contributed by atoms with Crippen LogP contribution in [0.2, 0.25) is 0 Å². The molecule has 0 spiro atoms. The van der Waals surface area contributed by atoms with Crippen LogP contribution in [-0.2, 0) is 4.79 Å². The number of hydrogen-bond acceptors (Lipinski definition) is 5. The SMILES string of the molecule is Cc1ccc(-c2cc(C(=O)N3CCN(CC(=O)Nc4ccc(F)cc4)CC3)on2)cc1. The molecule has 160 valence electrons. The Hall–Kier alpha value is -3.52. The van der Waals surface area contributed by atoms with E-state index in [1.165, 1.54) is 24.3 Å². The van der Waals surface area contributed by atoms with Crippen LogP contribution >= 0.6 is 0 Å². The van der Waals surface area contributed by atoms with Crippen LogP contribution in [0.3, 0.4) is 0 Å². The molecule has 0 atom stereocenters. The number of rotatable bonds is 5. The van der Waals surface area contributed by atoms with Crippen LogP contribution in [0.1, 0.15) is 16.1 Å². The van der Waals surface area contributed by atoms with Gasteiger partial charge in [-0.05, 0) is 31.2 Å². The molecular formula is C23H23FN4O3. The molecule has 2 aromatic carbocycles. The average molecular weight is 422 g/mol. The molecule has 0 bridgehead atoms. The number of benzene rings is 2. The maximum atomic E-state index is 13.0. The van der Waals surface area contributed by atoms with Gasteiger partial charge in [0.25, 0.3) is 5.91 Å². The van der Waals surface area contributed by atoms with Gasteiger partial charge in [0, 0.05) is 43.5 Å². The van der Waals surface area contributed by atoms with Crippen molar-refractivity contribution in [1.29, 1.82) is 0 Å². The minimum atomic E-state index is -0.350. The second-order valence-corrected chi connectivity index (χ2v) is 7.57. The van der Waals surface area contributed by atoms with Crippen molar-refractivity contribution in [1.82, 2.24) is 15.0 Å². The van der Waals surface area contributed by atoms with Gasteiger partial charge in [0.05, 0.1) is 6.54 Å². The molecule has 1 aliphatic rings. The Labute approximate surface area is 179 Å². The van der Waals surface area contributed by atoms with Crippen molar-refractivity contribution in [2.24, 2.45) is 0 Å². The first-order valence-electron chi connectivity index (χ1n) is 10.1. The van der Waals surface area contributed by atoms with E-state index in [0.29, 0.717) is 37.6 Å². The van der Waals surface area contributed by atoms with Gasteiger partial charge in [-0.25, -0.2) is 4.39 Å². The zero-order valence-electron chi connectivity index (χ0n) is 17.2.